The molecule has 0 radical (unpaired) electrons. The summed E-state index contributed by atoms with van der Waals surface area (Å²) in [6.07, 6.45) is 0.865. The van der Waals surface area contributed by atoms with Crippen molar-refractivity contribution < 1.29 is 13.9 Å². The van der Waals surface area contributed by atoms with E-state index in [-0.39, 0.29) is 11.8 Å². The first-order valence-electron chi connectivity index (χ1n) is 6.90. The summed E-state index contributed by atoms with van der Waals surface area (Å²) in [6.45, 7) is 2.98. The Morgan fingerprint density at radius 1 is 1.33 bits per heavy atom. The first-order chi connectivity index (χ1) is 10.2. The van der Waals surface area contributed by atoms with Crippen LogP contribution in [0.25, 0.3) is 11.5 Å². The average molecular weight is 287 g/mol. The van der Waals surface area contributed by atoms with Crippen LogP contribution in [0.5, 0.6) is 5.75 Å². The molecule has 0 bridgehead atoms. The van der Waals surface area contributed by atoms with Crippen molar-refractivity contribution >= 4 is 5.91 Å². The van der Waals surface area contributed by atoms with E-state index in [1.165, 1.54) is 0 Å². The lowest BCUT2D eigenvalue weighted by molar-refractivity contribution is -0.127. The van der Waals surface area contributed by atoms with Crippen molar-refractivity contribution in [2.45, 2.75) is 19.3 Å². The zero-order valence-corrected chi connectivity index (χ0v) is 12.1. The van der Waals surface area contributed by atoms with Crippen molar-refractivity contribution in [1.82, 2.24) is 15.1 Å². The highest BCUT2D eigenvalue weighted by atomic mass is 16.5. The first-order valence-corrected chi connectivity index (χ1v) is 6.90. The van der Waals surface area contributed by atoms with Crippen molar-refractivity contribution in [3.05, 3.63) is 30.2 Å². The summed E-state index contributed by atoms with van der Waals surface area (Å²) in [5.74, 6) is 2.10. The molecule has 6 nitrogen and oxygen atoms in total. The molecular weight excluding hydrogens is 270 g/mol. The number of aromatic nitrogens is 2. The van der Waals surface area contributed by atoms with Crippen LogP contribution in [0.15, 0.2) is 28.7 Å². The zero-order chi connectivity index (χ0) is 14.8. The van der Waals surface area contributed by atoms with Gasteiger partial charge in [-0.3, -0.25) is 4.79 Å². The monoisotopic (exact) mass is 287 g/mol. The van der Waals surface area contributed by atoms with Crippen molar-refractivity contribution in [2.24, 2.45) is 0 Å². The number of likely N-dealkylation sites (tertiary alicyclic amines) is 1. The second-order valence-electron chi connectivity index (χ2n) is 5.12. The number of methoxy groups -OCH3 is 1. The molecule has 1 amide bonds. The highest BCUT2D eigenvalue weighted by Gasteiger charge is 2.29. The van der Waals surface area contributed by atoms with Gasteiger partial charge in [0.25, 0.3) is 0 Å². The number of amides is 1. The maximum atomic E-state index is 11.4. The van der Waals surface area contributed by atoms with Crippen LogP contribution < -0.4 is 4.74 Å². The third-order valence-corrected chi connectivity index (χ3v) is 3.76. The maximum absolute atomic E-state index is 11.4. The second kappa shape index (κ2) is 5.55. The largest absolute Gasteiger partial charge is 0.497 e. The van der Waals surface area contributed by atoms with E-state index in [0.29, 0.717) is 18.3 Å². The molecule has 1 fully saturated rings. The number of ether oxygens (including phenoxy) is 1. The van der Waals surface area contributed by atoms with Gasteiger partial charge in [-0.2, -0.15) is 0 Å². The summed E-state index contributed by atoms with van der Waals surface area (Å²) in [6, 6.07) is 7.47. The molecule has 110 valence electrons. The number of hydrogen-bond donors (Lipinski definition) is 0. The van der Waals surface area contributed by atoms with E-state index in [9.17, 15) is 4.79 Å². The molecule has 2 heterocycles. The fourth-order valence-corrected chi connectivity index (χ4v) is 2.50. The van der Waals surface area contributed by atoms with Gasteiger partial charge >= 0.3 is 0 Å². The minimum Gasteiger partial charge on any atom is -0.497 e. The molecule has 0 spiro atoms. The molecule has 0 unspecified atom stereocenters. The van der Waals surface area contributed by atoms with Crippen molar-refractivity contribution in [1.29, 1.82) is 0 Å². The van der Waals surface area contributed by atoms with Gasteiger partial charge in [-0.25, -0.2) is 0 Å². The van der Waals surface area contributed by atoms with Crippen LogP contribution in [0.3, 0.4) is 0 Å². The van der Waals surface area contributed by atoms with E-state index < -0.39 is 0 Å². The third-order valence-electron chi connectivity index (χ3n) is 3.76. The van der Waals surface area contributed by atoms with Crippen molar-refractivity contribution in [3.63, 3.8) is 0 Å². The maximum Gasteiger partial charge on any atom is 0.247 e. The molecule has 1 aliphatic heterocycles. The molecule has 0 aliphatic carbocycles. The van der Waals surface area contributed by atoms with E-state index >= 15 is 0 Å². The first kappa shape index (κ1) is 13.6. The Balaban J connectivity index is 1.75. The third kappa shape index (κ3) is 2.74. The number of hydrogen-bond acceptors (Lipinski definition) is 5. The van der Waals surface area contributed by atoms with Crippen LogP contribution in [0.4, 0.5) is 0 Å². The fourth-order valence-electron chi connectivity index (χ4n) is 2.50. The number of carbonyl (C=O) groups is 1. The molecular formula is C15H17N3O3. The quantitative estimate of drug-likeness (QED) is 0.864. The Morgan fingerprint density at radius 2 is 2.10 bits per heavy atom. The number of nitrogens with zero attached hydrogens (tertiary/aromatic N) is 3. The molecule has 1 saturated heterocycles. The van der Waals surface area contributed by atoms with Crippen LogP contribution in [0.1, 0.15) is 25.2 Å². The Morgan fingerprint density at radius 3 is 2.71 bits per heavy atom. The molecule has 6 heteroatoms. The van der Waals surface area contributed by atoms with Crippen molar-refractivity contribution in [2.75, 3.05) is 20.2 Å². The highest BCUT2D eigenvalue weighted by molar-refractivity contribution is 5.73. The molecule has 3 rings (SSSR count). The molecule has 0 saturated carbocycles. The molecule has 1 aromatic heterocycles. The van der Waals surface area contributed by atoms with E-state index in [1.54, 1.807) is 14.0 Å². The van der Waals surface area contributed by atoms with Crippen LogP contribution in [-0.2, 0) is 4.79 Å². The number of rotatable bonds is 3. The molecule has 0 N–H and O–H groups in total. The van der Waals surface area contributed by atoms with Gasteiger partial charge in [0.1, 0.15) is 5.75 Å². The SMILES string of the molecule is COc1ccc(-c2nnc([C@H]3CCN(C(C)=O)C3)o2)cc1. The molecule has 1 aromatic carbocycles. The van der Waals surface area contributed by atoms with Crippen molar-refractivity contribution in [3.8, 4) is 17.2 Å². The predicted molar refractivity (Wildman–Crippen MR) is 75.9 cm³/mol. The molecule has 2 aromatic rings. The number of carbonyl (C=O) groups excluding carboxylic acids is 1. The van der Waals surface area contributed by atoms with Crippen LogP contribution >= 0.6 is 0 Å². The van der Waals surface area contributed by atoms with Gasteiger partial charge in [0.05, 0.1) is 13.0 Å². The Kier molecular flexibility index (Phi) is 3.60. The van der Waals surface area contributed by atoms with Gasteiger partial charge in [0.2, 0.25) is 17.7 Å². The fraction of sp³-hybridized carbons (Fsp3) is 0.400. The van der Waals surface area contributed by atoms with E-state index in [4.69, 9.17) is 9.15 Å². The topological polar surface area (TPSA) is 68.5 Å². The Hall–Kier alpha value is -2.37. The summed E-state index contributed by atoms with van der Waals surface area (Å²) in [5, 5.41) is 8.22. The summed E-state index contributed by atoms with van der Waals surface area (Å²) in [7, 11) is 1.63. The minimum atomic E-state index is 0.0902. The Bertz CT molecular complexity index is 636. The molecule has 1 atom stereocenters. The van der Waals surface area contributed by atoms with Gasteiger partial charge in [0, 0.05) is 25.6 Å². The number of benzene rings is 1. The lowest BCUT2D eigenvalue weighted by Gasteiger charge is -2.11. The van der Waals surface area contributed by atoms with Gasteiger partial charge in [0.15, 0.2) is 0 Å². The van der Waals surface area contributed by atoms with E-state index in [0.717, 1.165) is 24.3 Å². The summed E-state index contributed by atoms with van der Waals surface area (Å²) < 4.78 is 10.9. The van der Waals surface area contributed by atoms with Gasteiger partial charge in [-0.15, -0.1) is 10.2 Å². The predicted octanol–water partition coefficient (Wildman–Crippen LogP) is 2.08. The summed E-state index contributed by atoms with van der Waals surface area (Å²) in [5.41, 5.74) is 0.857. The standard InChI is InChI=1S/C15H17N3O3/c1-10(19)18-8-7-12(9-18)15-17-16-14(21-15)11-3-5-13(20-2)6-4-11/h3-6,12H,7-9H2,1-2H3/t12-/m0/s1. The minimum absolute atomic E-state index is 0.0902. The van der Waals surface area contributed by atoms with Crippen LogP contribution in [-0.4, -0.2) is 41.2 Å². The van der Waals surface area contributed by atoms with Gasteiger partial charge < -0.3 is 14.1 Å². The normalized spacial score (nSPS) is 18.0. The van der Waals surface area contributed by atoms with Crippen LogP contribution in [0.2, 0.25) is 0 Å². The Labute approximate surface area is 122 Å². The van der Waals surface area contributed by atoms with Crippen LogP contribution in [0, 0.1) is 0 Å². The molecule has 1 aliphatic rings. The van der Waals surface area contributed by atoms with E-state index in [1.807, 2.05) is 29.2 Å². The average Bonchev–Trinajstić information content (AvgIpc) is 3.16. The lowest BCUT2D eigenvalue weighted by Crippen LogP contribution is -2.25. The highest BCUT2D eigenvalue weighted by Crippen LogP contribution is 2.29. The lowest BCUT2D eigenvalue weighted by atomic mass is 10.1. The van der Waals surface area contributed by atoms with Gasteiger partial charge in [-0.1, -0.05) is 0 Å². The zero-order valence-electron chi connectivity index (χ0n) is 12.1. The van der Waals surface area contributed by atoms with Gasteiger partial charge in [-0.05, 0) is 30.7 Å². The smallest absolute Gasteiger partial charge is 0.247 e. The second-order valence-corrected chi connectivity index (χ2v) is 5.12. The molecule has 21 heavy (non-hydrogen) atoms. The summed E-state index contributed by atoms with van der Waals surface area (Å²) in [4.78, 5) is 13.2. The van der Waals surface area contributed by atoms with E-state index in [2.05, 4.69) is 10.2 Å². The summed E-state index contributed by atoms with van der Waals surface area (Å²) >= 11 is 0.